The number of rotatable bonds is 6. The van der Waals surface area contributed by atoms with Gasteiger partial charge < -0.3 is 10.1 Å². The van der Waals surface area contributed by atoms with Crippen LogP contribution in [0.15, 0.2) is 60.7 Å². The minimum absolute atomic E-state index is 0.276. The normalized spacial score (nSPS) is 10.9. The van der Waals surface area contributed by atoms with E-state index < -0.39 is 11.4 Å². The molecule has 0 aliphatic heterocycles. The summed E-state index contributed by atoms with van der Waals surface area (Å²) >= 11 is 0. The van der Waals surface area contributed by atoms with Gasteiger partial charge >= 0.3 is 5.97 Å². The Morgan fingerprint density at radius 3 is 2.13 bits per heavy atom. The van der Waals surface area contributed by atoms with Gasteiger partial charge in [0.05, 0.1) is 5.41 Å². The van der Waals surface area contributed by atoms with Gasteiger partial charge in [-0.25, -0.2) is 0 Å². The summed E-state index contributed by atoms with van der Waals surface area (Å²) in [5, 5.41) is 2.73. The predicted molar refractivity (Wildman–Crippen MR) is 88.7 cm³/mol. The second kappa shape index (κ2) is 7.58. The molecule has 0 spiro atoms. The molecule has 4 heteroatoms. The summed E-state index contributed by atoms with van der Waals surface area (Å²) in [7, 11) is 0. The van der Waals surface area contributed by atoms with E-state index in [0.29, 0.717) is 6.54 Å². The molecule has 0 atom stereocenters. The molecule has 0 heterocycles. The maximum atomic E-state index is 12.2. The first kappa shape index (κ1) is 16.7. The van der Waals surface area contributed by atoms with E-state index in [1.807, 2.05) is 60.7 Å². The summed E-state index contributed by atoms with van der Waals surface area (Å²) in [6, 6.07) is 18.9. The fourth-order valence-corrected chi connectivity index (χ4v) is 2.13. The van der Waals surface area contributed by atoms with Crippen molar-refractivity contribution in [1.29, 1.82) is 0 Å². The fraction of sp³-hybridized carbons (Fsp3) is 0.263. The molecule has 0 fully saturated rings. The zero-order valence-electron chi connectivity index (χ0n) is 13.4. The standard InChI is InChI=1S/C19H21NO3/c1-19(2,16-11-7-4-8-12-16)18(22)23-14-17(21)20-13-15-9-5-3-6-10-15/h3-12H,13-14H2,1-2H3,(H,20,21). The average molecular weight is 311 g/mol. The molecule has 2 rings (SSSR count). The number of carbonyl (C=O) groups excluding carboxylic acids is 2. The van der Waals surface area contributed by atoms with Gasteiger partial charge in [0.1, 0.15) is 0 Å². The van der Waals surface area contributed by atoms with Crippen molar-refractivity contribution in [3.05, 3.63) is 71.8 Å². The summed E-state index contributed by atoms with van der Waals surface area (Å²) in [5.41, 5.74) is 1.06. The van der Waals surface area contributed by atoms with E-state index in [1.54, 1.807) is 13.8 Å². The maximum absolute atomic E-state index is 12.2. The van der Waals surface area contributed by atoms with Crippen LogP contribution < -0.4 is 5.32 Å². The highest BCUT2D eigenvalue weighted by atomic mass is 16.5. The van der Waals surface area contributed by atoms with Crippen LogP contribution in [0, 0.1) is 0 Å². The van der Waals surface area contributed by atoms with Gasteiger partial charge in [-0.05, 0) is 25.0 Å². The van der Waals surface area contributed by atoms with Gasteiger partial charge in [-0.3, -0.25) is 9.59 Å². The molecule has 0 unspecified atom stereocenters. The largest absolute Gasteiger partial charge is 0.455 e. The van der Waals surface area contributed by atoms with Crippen LogP contribution >= 0.6 is 0 Å². The highest BCUT2D eigenvalue weighted by Crippen LogP contribution is 2.24. The third-order valence-corrected chi connectivity index (χ3v) is 3.67. The molecule has 0 aromatic heterocycles. The second-order valence-corrected chi connectivity index (χ2v) is 5.83. The van der Waals surface area contributed by atoms with E-state index in [4.69, 9.17) is 4.74 Å². The van der Waals surface area contributed by atoms with Crippen LogP contribution in [0.3, 0.4) is 0 Å². The number of benzene rings is 2. The number of hydrogen-bond acceptors (Lipinski definition) is 3. The van der Waals surface area contributed by atoms with E-state index in [0.717, 1.165) is 11.1 Å². The third-order valence-electron chi connectivity index (χ3n) is 3.67. The molecule has 120 valence electrons. The van der Waals surface area contributed by atoms with Crippen molar-refractivity contribution in [2.75, 3.05) is 6.61 Å². The molecule has 0 aliphatic rings. The molecule has 0 bridgehead atoms. The first-order chi connectivity index (χ1) is 11.0. The van der Waals surface area contributed by atoms with Gasteiger partial charge in [-0.2, -0.15) is 0 Å². The van der Waals surface area contributed by atoms with Crippen LogP contribution in [0.1, 0.15) is 25.0 Å². The summed E-state index contributed by atoms with van der Waals surface area (Å²) in [4.78, 5) is 24.0. The minimum atomic E-state index is -0.791. The van der Waals surface area contributed by atoms with Crippen molar-refractivity contribution >= 4 is 11.9 Å². The lowest BCUT2D eigenvalue weighted by Gasteiger charge is -2.22. The molecule has 2 aromatic rings. The summed E-state index contributed by atoms with van der Waals surface area (Å²) in [6.07, 6.45) is 0. The van der Waals surface area contributed by atoms with Crippen molar-refractivity contribution in [1.82, 2.24) is 5.32 Å². The van der Waals surface area contributed by atoms with Gasteiger partial charge in [-0.15, -0.1) is 0 Å². The Balaban J connectivity index is 1.83. The molecule has 0 saturated heterocycles. The first-order valence-electron chi connectivity index (χ1n) is 7.53. The Morgan fingerprint density at radius 2 is 1.52 bits per heavy atom. The fourth-order valence-electron chi connectivity index (χ4n) is 2.13. The maximum Gasteiger partial charge on any atom is 0.316 e. The van der Waals surface area contributed by atoms with Crippen LogP contribution in [0.2, 0.25) is 0 Å². The Hall–Kier alpha value is -2.62. The molecule has 0 radical (unpaired) electrons. The highest BCUT2D eigenvalue weighted by molar-refractivity contribution is 5.85. The summed E-state index contributed by atoms with van der Waals surface area (Å²) in [5.74, 6) is -0.732. The smallest absolute Gasteiger partial charge is 0.316 e. The number of ether oxygens (including phenoxy) is 1. The molecular formula is C19H21NO3. The topological polar surface area (TPSA) is 55.4 Å². The van der Waals surface area contributed by atoms with Crippen LogP contribution in [-0.2, 0) is 26.3 Å². The SMILES string of the molecule is CC(C)(C(=O)OCC(=O)NCc1ccccc1)c1ccccc1. The van der Waals surface area contributed by atoms with E-state index in [1.165, 1.54) is 0 Å². The predicted octanol–water partition coefficient (Wildman–Crippen LogP) is 2.82. The third kappa shape index (κ3) is 4.68. The number of carbonyl (C=O) groups is 2. The number of esters is 1. The molecule has 0 aliphatic carbocycles. The second-order valence-electron chi connectivity index (χ2n) is 5.83. The van der Waals surface area contributed by atoms with Gasteiger partial charge in [0.25, 0.3) is 5.91 Å². The zero-order valence-corrected chi connectivity index (χ0v) is 13.4. The number of hydrogen-bond donors (Lipinski definition) is 1. The Bertz CT molecular complexity index is 651. The quantitative estimate of drug-likeness (QED) is 0.835. The number of nitrogens with one attached hydrogen (secondary N) is 1. The van der Waals surface area contributed by atoms with Crippen LogP contribution in [0.5, 0.6) is 0 Å². The van der Waals surface area contributed by atoms with Gasteiger partial charge in [0, 0.05) is 6.54 Å². The lowest BCUT2D eigenvalue weighted by atomic mass is 9.85. The first-order valence-corrected chi connectivity index (χ1v) is 7.53. The molecule has 1 amide bonds. The van der Waals surface area contributed by atoms with Crippen LogP contribution in [0.4, 0.5) is 0 Å². The summed E-state index contributed by atoms with van der Waals surface area (Å²) in [6.45, 7) is 3.71. The van der Waals surface area contributed by atoms with E-state index in [2.05, 4.69) is 5.32 Å². The Labute approximate surface area is 136 Å². The van der Waals surface area contributed by atoms with Gasteiger partial charge in [-0.1, -0.05) is 60.7 Å². The lowest BCUT2D eigenvalue weighted by Crippen LogP contribution is -2.35. The van der Waals surface area contributed by atoms with E-state index >= 15 is 0 Å². The molecule has 1 N–H and O–H groups in total. The van der Waals surface area contributed by atoms with Crippen molar-refractivity contribution < 1.29 is 14.3 Å². The Morgan fingerprint density at radius 1 is 0.957 bits per heavy atom. The van der Waals surface area contributed by atoms with Crippen molar-refractivity contribution in [3.8, 4) is 0 Å². The lowest BCUT2D eigenvalue weighted by molar-refractivity contribution is -0.153. The highest BCUT2D eigenvalue weighted by Gasteiger charge is 2.31. The number of amides is 1. The minimum Gasteiger partial charge on any atom is -0.455 e. The van der Waals surface area contributed by atoms with Crippen molar-refractivity contribution in [2.24, 2.45) is 0 Å². The summed E-state index contributed by atoms with van der Waals surface area (Å²) < 4.78 is 5.16. The molecule has 4 nitrogen and oxygen atoms in total. The van der Waals surface area contributed by atoms with E-state index in [9.17, 15) is 9.59 Å². The van der Waals surface area contributed by atoms with Crippen molar-refractivity contribution in [3.63, 3.8) is 0 Å². The molecule has 2 aromatic carbocycles. The average Bonchev–Trinajstić information content (AvgIpc) is 2.59. The van der Waals surface area contributed by atoms with Gasteiger partial charge in [0.2, 0.25) is 0 Å². The van der Waals surface area contributed by atoms with Crippen LogP contribution in [-0.4, -0.2) is 18.5 Å². The van der Waals surface area contributed by atoms with Crippen molar-refractivity contribution in [2.45, 2.75) is 25.8 Å². The van der Waals surface area contributed by atoms with Gasteiger partial charge in [0.15, 0.2) is 6.61 Å². The molecule has 23 heavy (non-hydrogen) atoms. The molecular weight excluding hydrogens is 290 g/mol. The van der Waals surface area contributed by atoms with E-state index in [-0.39, 0.29) is 12.5 Å². The monoisotopic (exact) mass is 311 g/mol. The zero-order chi connectivity index (χ0) is 16.7. The van der Waals surface area contributed by atoms with Crippen LogP contribution in [0.25, 0.3) is 0 Å². The Kier molecular flexibility index (Phi) is 5.52. The molecule has 0 saturated carbocycles.